The van der Waals surface area contributed by atoms with E-state index in [-0.39, 0.29) is 6.04 Å². The van der Waals surface area contributed by atoms with Crippen LogP contribution in [0.25, 0.3) is 10.9 Å². The zero-order chi connectivity index (χ0) is 13.9. The van der Waals surface area contributed by atoms with Crippen LogP contribution in [0.5, 0.6) is 0 Å². The maximum Gasteiger partial charge on any atom is 0.140 e. The van der Waals surface area contributed by atoms with Crippen molar-refractivity contribution in [3.63, 3.8) is 0 Å². The molecule has 1 aromatic heterocycles. The molecular formula is C14H14BrN5. The highest BCUT2D eigenvalue weighted by Gasteiger charge is 2.21. The fourth-order valence-electron chi connectivity index (χ4n) is 2.53. The molecule has 5 nitrogen and oxygen atoms in total. The van der Waals surface area contributed by atoms with Gasteiger partial charge in [-0.3, -0.25) is 0 Å². The van der Waals surface area contributed by atoms with Gasteiger partial charge in [-0.05, 0) is 18.2 Å². The molecule has 0 spiro atoms. The van der Waals surface area contributed by atoms with Crippen LogP contribution in [0.3, 0.4) is 0 Å². The lowest BCUT2D eigenvalue weighted by atomic mass is 10.1. The highest BCUT2D eigenvalue weighted by Crippen LogP contribution is 2.26. The van der Waals surface area contributed by atoms with Gasteiger partial charge in [0.2, 0.25) is 0 Å². The summed E-state index contributed by atoms with van der Waals surface area (Å²) in [6, 6.07) is 8.44. The van der Waals surface area contributed by atoms with Gasteiger partial charge in [0.15, 0.2) is 0 Å². The van der Waals surface area contributed by atoms with E-state index in [9.17, 15) is 0 Å². The highest BCUT2D eigenvalue weighted by molar-refractivity contribution is 9.10. The maximum atomic E-state index is 8.84. The Bertz CT molecular complexity index is 666. The molecule has 0 saturated carbocycles. The highest BCUT2D eigenvalue weighted by atomic mass is 79.9. The molecule has 0 radical (unpaired) electrons. The maximum absolute atomic E-state index is 8.84. The summed E-state index contributed by atoms with van der Waals surface area (Å²) in [7, 11) is 0. The predicted octanol–water partition coefficient (Wildman–Crippen LogP) is 2.08. The standard InChI is InChI=1S/C14H14BrN5/c15-10-1-2-13-12(7-10)14(19-9-18-13)20-6-5-17-11(8-20)3-4-16/h1-2,7,9,11,17H,3,5-6,8H2/t11-/m0/s1. The minimum atomic E-state index is 0.200. The number of hydrogen-bond acceptors (Lipinski definition) is 5. The van der Waals surface area contributed by atoms with Gasteiger partial charge in [-0.1, -0.05) is 15.9 Å². The number of anilines is 1. The monoisotopic (exact) mass is 331 g/mol. The molecule has 1 aliphatic rings. The van der Waals surface area contributed by atoms with Gasteiger partial charge in [0.25, 0.3) is 0 Å². The van der Waals surface area contributed by atoms with Crippen molar-refractivity contribution in [1.82, 2.24) is 15.3 Å². The lowest BCUT2D eigenvalue weighted by Gasteiger charge is -2.34. The molecule has 2 aromatic rings. The zero-order valence-electron chi connectivity index (χ0n) is 10.9. The topological polar surface area (TPSA) is 64.8 Å². The largest absolute Gasteiger partial charge is 0.353 e. The van der Waals surface area contributed by atoms with Crippen molar-refractivity contribution in [2.75, 3.05) is 24.5 Å². The fraction of sp³-hybridized carbons (Fsp3) is 0.357. The Hall–Kier alpha value is -1.71. The first-order chi connectivity index (χ1) is 9.78. The van der Waals surface area contributed by atoms with Crippen LogP contribution < -0.4 is 10.2 Å². The lowest BCUT2D eigenvalue weighted by molar-refractivity contribution is 0.461. The lowest BCUT2D eigenvalue weighted by Crippen LogP contribution is -2.50. The van der Waals surface area contributed by atoms with Gasteiger partial charge in [-0.15, -0.1) is 0 Å². The summed E-state index contributed by atoms with van der Waals surface area (Å²) in [5, 5.41) is 13.2. The molecule has 0 unspecified atom stereocenters. The number of nitriles is 1. The minimum absolute atomic E-state index is 0.200. The first-order valence-electron chi connectivity index (χ1n) is 6.53. The number of piperazine rings is 1. The fourth-order valence-corrected chi connectivity index (χ4v) is 2.89. The molecule has 2 heterocycles. The number of hydrogen-bond donors (Lipinski definition) is 1. The van der Waals surface area contributed by atoms with Gasteiger partial charge in [-0.2, -0.15) is 5.26 Å². The van der Waals surface area contributed by atoms with Crippen LogP contribution in [0.2, 0.25) is 0 Å². The second-order valence-electron chi connectivity index (χ2n) is 4.82. The van der Waals surface area contributed by atoms with Crippen molar-refractivity contribution in [3.8, 4) is 6.07 Å². The van der Waals surface area contributed by atoms with E-state index in [1.807, 2.05) is 18.2 Å². The number of halogens is 1. The van der Waals surface area contributed by atoms with Crippen LogP contribution in [-0.4, -0.2) is 35.6 Å². The summed E-state index contributed by atoms with van der Waals surface area (Å²) in [6.07, 6.45) is 2.12. The van der Waals surface area contributed by atoms with Crippen LogP contribution in [0.15, 0.2) is 29.0 Å². The molecule has 1 N–H and O–H groups in total. The molecule has 20 heavy (non-hydrogen) atoms. The summed E-state index contributed by atoms with van der Waals surface area (Å²) < 4.78 is 1.02. The van der Waals surface area contributed by atoms with Crippen LogP contribution in [-0.2, 0) is 0 Å². The molecule has 0 amide bonds. The smallest absolute Gasteiger partial charge is 0.140 e. The summed E-state index contributed by atoms with van der Waals surface area (Å²) >= 11 is 3.50. The summed E-state index contributed by atoms with van der Waals surface area (Å²) in [5.74, 6) is 0.945. The van der Waals surface area contributed by atoms with Gasteiger partial charge >= 0.3 is 0 Å². The van der Waals surface area contributed by atoms with Gasteiger partial charge in [0, 0.05) is 35.5 Å². The SMILES string of the molecule is N#CC[C@H]1CN(c2ncnc3ccc(Br)cc23)CCN1. The molecule has 0 bridgehead atoms. The van der Waals surface area contributed by atoms with Crippen LogP contribution in [0, 0.1) is 11.3 Å². The molecule has 1 aliphatic heterocycles. The molecule has 3 rings (SSSR count). The number of rotatable bonds is 2. The van der Waals surface area contributed by atoms with Crippen molar-refractivity contribution < 1.29 is 0 Å². The van der Waals surface area contributed by atoms with E-state index in [2.05, 4.69) is 42.2 Å². The Morgan fingerprint density at radius 3 is 3.20 bits per heavy atom. The van der Waals surface area contributed by atoms with Gasteiger partial charge in [0.1, 0.15) is 12.1 Å². The first kappa shape index (κ1) is 13.3. The van der Waals surface area contributed by atoms with Gasteiger partial charge in [0.05, 0.1) is 18.0 Å². The Morgan fingerprint density at radius 2 is 2.35 bits per heavy atom. The molecular weight excluding hydrogens is 318 g/mol. The van der Waals surface area contributed by atoms with Crippen molar-refractivity contribution in [2.45, 2.75) is 12.5 Å². The predicted molar refractivity (Wildman–Crippen MR) is 81.5 cm³/mol. The van der Waals surface area contributed by atoms with E-state index in [0.717, 1.165) is 40.8 Å². The Balaban J connectivity index is 1.97. The van der Waals surface area contributed by atoms with E-state index < -0.39 is 0 Å². The zero-order valence-corrected chi connectivity index (χ0v) is 12.5. The van der Waals surface area contributed by atoms with Gasteiger partial charge in [-0.25, -0.2) is 9.97 Å². The molecule has 1 fully saturated rings. The van der Waals surface area contributed by atoms with E-state index in [1.165, 1.54) is 0 Å². The average Bonchev–Trinajstić information content (AvgIpc) is 2.47. The van der Waals surface area contributed by atoms with Crippen molar-refractivity contribution in [1.29, 1.82) is 5.26 Å². The first-order valence-corrected chi connectivity index (χ1v) is 7.33. The van der Waals surface area contributed by atoms with E-state index in [4.69, 9.17) is 5.26 Å². The van der Waals surface area contributed by atoms with E-state index >= 15 is 0 Å². The van der Waals surface area contributed by atoms with Gasteiger partial charge < -0.3 is 10.2 Å². The van der Waals surface area contributed by atoms with E-state index in [1.54, 1.807) is 6.33 Å². The van der Waals surface area contributed by atoms with Crippen molar-refractivity contribution in [3.05, 3.63) is 29.0 Å². The average molecular weight is 332 g/mol. The number of aromatic nitrogens is 2. The Morgan fingerprint density at radius 1 is 1.45 bits per heavy atom. The molecule has 1 saturated heterocycles. The van der Waals surface area contributed by atoms with Crippen molar-refractivity contribution in [2.24, 2.45) is 0 Å². The molecule has 102 valence electrons. The van der Waals surface area contributed by atoms with Crippen LogP contribution in [0.4, 0.5) is 5.82 Å². The molecule has 1 atom stereocenters. The third-order valence-corrected chi connectivity index (χ3v) is 3.96. The number of fused-ring (bicyclic) bond motifs is 1. The quantitative estimate of drug-likeness (QED) is 0.912. The minimum Gasteiger partial charge on any atom is -0.353 e. The summed E-state index contributed by atoms with van der Waals surface area (Å²) in [4.78, 5) is 11.0. The number of nitrogens with zero attached hydrogens (tertiary/aromatic N) is 4. The Labute approximate surface area is 125 Å². The number of benzene rings is 1. The summed E-state index contributed by atoms with van der Waals surface area (Å²) in [5.41, 5.74) is 0.938. The third-order valence-electron chi connectivity index (χ3n) is 3.47. The molecule has 0 aliphatic carbocycles. The summed E-state index contributed by atoms with van der Waals surface area (Å²) in [6.45, 7) is 2.55. The normalized spacial score (nSPS) is 19.0. The number of nitrogens with one attached hydrogen (secondary N) is 1. The van der Waals surface area contributed by atoms with Crippen LogP contribution in [0.1, 0.15) is 6.42 Å². The Kier molecular flexibility index (Phi) is 3.81. The molecule has 1 aromatic carbocycles. The second-order valence-corrected chi connectivity index (χ2v) is 5.73. The van der Waals surface area contributed by atoms with E-state index in [0.29, 0.717) is 6.42 Å². The second kappa shape index (κ2) is 5.73. The molecule has 6 heteroatoms. The van der Waals surface area contributed by atoms with Crippen molar-refractivity contribution >= 4 is 32.7 Å². The third kappa shape index (κ3) is 2.60. The van der Waals surface area contributed by atoms with Crippen LogP contribution >= 0.6 is 15.9 Å².